The van der Waals surface area contributed by atoms with E-state index in [2.05, 4.69) is 5.32 Å². The quantitative estimate of drug-likeness (QED) is 0.226. The Balaban J connectivity index is 1.27. The van der Waals surface area contributed by atoms with Gasteiger partial charge in [-0.15, -0.1) is 0 Å². The van der Waals surface area contributed by atoms with E-state index in [-0.39, 0.29) is 17.6 Å². The predicted molar refractivity (Wildman–Crippen MR) is 166 cm³/mol. The number of rotatable bonds is 9. The minimum atomic E-state index is -0.446. The molecule has 1 aliphatic heterocycles. The largest absolute Gasteiger partial charge is 0.451 e. The number of nitrogens with two attached hydrogens (primary N) is 1. The molecular formula is C33H32N6O4. The van der Waals surface area contributed by atoms with Crippen molar-refractivity contribution in [3.8, 4) is 11.3 Å². The number of carbonyl (C=O) groups excluding carboxylic acids is 3. The molecule has 1 saturated heterocycles. The normalized spacial score (nSPS) is 13.0. The SMILES string of the molecule is CN(C(=O)c1ccccc1)c1ccc2c(c1)nc(NC(=O)c1ccc(-c3cccc(N)c3)o1)n2CCCN1CCCC1=O. The number of nitrogens with one attached hydrogen (secondary N) is 1. The first kappa shape index (κ1) is 27.8. The first-order valence-corrected chi connectivity index (χ1v) is 14.3. The van der Waals surface area contributed by atoms with Gasteiger partial charge in [0.05, 0.1) is 11.0 Å². The number of hydrogen-bond acceptors (Lipinski definition) is 6. The molecular weight excluding hydrogens is 544 g/mol. The summed E-state index contributed by atoms with van der Waals surface area (Å²) < 4.78 is 7.79. The number of carbonyl (C=O) groups is 3. The maximum absolute atomic E-state index is 13.3. The van der Waals surface area contributed by atoms with Crippen LogP contribution >= 0.6 is 0 Å². The van der Waals surface area contributed by atoms with Crippen molar-refractivity contribution in [2.24, 2.45) is 0 Å². The molecule has 0 spiro atoms. The first-order valence-electron chi connectivity index (χ1n) is 14.3. The smallest absolute Gasteiger partial charge is 0.293 e. The van der Waals surface area contributed by atoms with Gasteiger partial charge in [-0.25, -0.2) is 4.98 Å². The molecule has 3 heterocycles. The maximum Gasteiger partial charge on any atom is 0.293 e. The average Bonchev–Trinajstić information content (AvgIpc) is 3.76. The van der Waals surface area contributed by atoms with Crippen LogP contribution < -0.4 is 16.0 Å². The minimum absolute atomic E-state index is 0.132. The van der Waals surface area contributed by atoms with Gasteiger partial charge in [-0.05, 0) is 67.4 Å². The summed E-state index contributed by atoms with van der Waals surface area (Å²) in [4.78, 5) is 46.7. The van der Waals surface area contributed by atoms with Gasteiger partial charge in [-0.3, -0.25) is 19.7 Å². The summed E-state index contributed by atoms with van der Waals surface area (Å²) >= 11 is 0. The Bertz CT molecular complexity index is 1810. The van der Waals surface area contributed by atoms with Crippen LogP contribution in [0.2, 0.25) is 0 Å². The topological polar surface area (TPSA) is 127 Å². The average molecular weight is 577 g/mol. The molecule has 1 fully saturated rings. The molecule has 218 valence electrons. The number of aryl methyl sites for hydroxylation is 1. The van der Waals surface area contributed by atoms with Gasteiger partial charge >= 0.3 is 0 Å². The second-order valence-corrected chi connectivity index (χ2v) is 10.6. The van der Waals surface area contributed by atoms with Gasteiger partial charge in [-0.1, -0.05) is 30.3 Å². The van der Waals surface area contributed by atoms with Gasteiger partial charge in [0.15, 0.2) is 5.76 Å². The molecule has 3 N–H and O–H groups in total. The van der Waals surface area contributed by atoms with E-state index in [9.17, 15) is 14.4 Å². The number of hydrogen-bond donors (Lipinski definition) is 2. The zero-order valence-electron chi connectivity index (χ0n) is 23.8. The molecule has 0 radical (unpaired) electrons. The Kier molecular flexibility index (Phi) is 7.65. The molecule has 3 aromatic carbocycles. The van der Waals surface area contributed by atoms with Crippen molar-refractivity contribution in [3.05, 3.63) is 96.3 Å². The number of amides is 3. The molecule has 0 unspecified atom stereocenters. The summed E-state index contributed by atoms with van der Waals surface area (Å²) in [6, 6.07) is 25.2. The van der Waals surface area contributed by atoms with Crippen LogP contribution in [0.15, 0.2) is 89.3 Å². The second-order valence-electron chi connectivity index (χ2n) is 10.6. The zero-order chi connectivity index (χ0) is 29.9. The number of nitrogens with zero attached hydrogens (tertiary/aromatic N) is 4. The van der Waals surface area contributed by atoms with E-state index in [0.29, 0.717) is 60.1 Å². The van der Waals surface area contributed by atoms with Gasteiger partial charge in [0, 0.05) is 55.6 Å². The van der Waals surface area contributed by atoms with Crippen LogP contribution in [0.4, 0.5) is 17.3 Å². The molecule has 0 bridgehead atoms. The van der Waals surface area contributed by atoms with E-state index in [1.54, 1.807) is 48.3 Å². The van der Waals surface area contributed by atoms with Crippen molar-refractivity contribution in [2.45, 2.75) is 25.8 Å². The number of anilines is 3. The lowest BCUT2D eigenvalue weighted by Crippen LogP contribution is -2.26. The van der Waals surface area contributed by atoms with E-state index in [1.807, 2.05) is 58.0 Å². The van der Waals surface area contributed by atoms with E-state index in [4.69, 9.17) is 15.1 Å². The van der Waals surface area contributed by atoms with Crippen molar-refractivity contribution in [3.63, 3.8) is 0 Å². The molecule has 3 amide bonds. The number of likely N-dealkylation sites (tertiary alicyclic amines) is 1. The summed E-state index contributed by atoms with van der Waals surface area (Å²) in [7, 11) is 1.72. The molecule has 0 saturated carbocycles. The second kappa shape index (κ2) is 11.8. The van der Waals surface area contributed by atoms with Gasteiger partial charge < -0.3 is 24.5 Å². The zero-order valence-corrected chi connectivity index (χ0v) is 23.8. The third-order valence-electron chi connectivity index (χ3n) is 7.65. The fourth-order valence-electron chi connectivity index (χ4n) is 5.37. The predicted octanol–water partition coefficient (Wildman–Crippen LogP) is 5.42. The Morgan fingerprint density at radius 3 is 2.60 bits per heavy atom. The van der Waals surface area contributed by atoms with Gasteiger partial charge in [-0.2, -0.15) is 0 Å². The molecule has 6 rings (SSSR count). The van der Waals surface area contributed by atoms with Gasteiger partial charge in [0.2, 0.25) is 11.9 Å². The van der Waals surface area contributed by atoms with Crippen molar-refractivity contribution in [1.29, 1.82) is 0 Å². The number of furan rings is 1. The summed E-state index contributed by atoms with van der Waals surface area (Å²) in [5.41, 5.74) is 9.94. The van der Waals surface area contributed by atoms with Crippen LogP contribution in [-0.4, -0.2) is 52.3 Å². The Hall–Kier alpha value is -5.38. The fourth-order valence-corrected chi connectivity index (χ4v) is 5.37. The van der Waals surface area contributed by atoms with E-state index in [0.717, 1.165) is 24.0 Å². The van der Waals surface area contributed by atoms with Crippen LogP contribution in [0.5, 0.6) is 0 Å². The van der Waals surface area contributed by atoms with Crippen LogP contribution in [-0.2, 0) is 11.3 Å². The molecule has 0 atom stereocenters. The van der Waals surface area contributed by atoms with E-state index < -0.39 is 5.91 Å². The molecule has 5 aromatic rings. The van der Waals surface area contributed by atoms with Gasteiger partial charge in [0.1, 0.15) is 5.76 Å². The standard InChI is InChI=1S/C33H32N6O4/c1-37(32(42)22-8-3-2-4-9-22)25-13-14-27-26(21-25)35-33(39(27)19-7-18-38-17-6-12-30(38)40)36-31(41)29-16-15-28(43-29)23-10-5-11-24(34)20-23/h2-5,8-11,13-16,20-21H,6-7,12,17-19,34H2,1H3,(H,35,36,41). The number of fused-ring (bicyclic) bond motifs is 1. The molecule has 1 aliphatic rings. The Morgan fingerprint density at radius 2 is 1.84 bits per heavy atom. The fraction of sp³-hybridized carbons (Fsp3) is 0.212. The summed E-state index contributed by atoms with van der Waals surface area (Å²) in [6.45, 7) is 1.92. The van der Waals surface area contributed by atoms with E-state index in [1.165, 1.54) is 0 Å². The third-order valence-corrected chi connectivity index (χ3v) is 7.65. The number of nitrogen functional groups attached to an aromatic ring is 1. The van der Waals surface area contributed by atoms with Crippen LogP contribution in [0.25, 0.3) is 22.4 Å². The van der Waals surface area contributed by atoms with Crippen LogP contribution in [0, 0.1) is 0 Å². The lowest BCUT2D eigenvalue weighted by atomic mass is 10.1. The summed E-state index contributed by atoms with van der Waals surface area (Å²) in [5, 5.41) is 2.91. The van der Waals surface area contributed by atoms with Crippen LogP contribution in [0.1, 0.15) is 40.2 Å². The van der Waals surface area contributed by atoms with Crippen molar-refractivity contribution in [1.82, 2.24) is 14.5 Å². The lowest BCUT2D eigenvalue weighted by molar-refractivity contribution is -0.127. The molecule has 10 heteroatoms. The number of aromatic nitrogens is 2. The van der Waals surface area contributed by atoms with Gasteiger partial charge in [0.25, 0.3) is 11.8 Å². The number of imidazole rings is 1. The maximum atomic E-state index is 13.3. The van der Waals surface area contributed by atoms with E-state index >= 15 is 0 Å². The molecule has 0 aliphatic carbocycles. The molecule has 10 nitrogen and oxygen atoms in total. The first-order chi connectivity index (χ1) is 20.9. The number of benzene rings is 3. The van der Waals surface area contributed by atoms with Crippen molar-refractivity contribution in [2.75, 3.05) is 36.1 Å². The molecule has 43 heavy (non-hydrogen) atoms. The highest BCUT2D eigenvalue weighted by atomic mass is 16.4. The highest BCUT2D eigenvalue weighted by molar-refractivity contribution is 6.07. The van der Waals surface area contributed by atoms with Crippen molar-refractivity contribution < 1.29 is 18.8 Å². The highest BCUT2D eigenvalue weighted by Crippen LogP contribution is 2.28. The Labute approximate surface area is 248 Å². The lowest BCUT2D eigenvalue weighted by Gasteiger charge is -2.18. The van der Waals surface area contributed by atoms with Crippen molar-refractivity contribution >= 4 is 46.1 Å². The van der Waals surface area contributed by atoms with Crippen LogP contribution in [0.3, 0.4) is 0 Å². The monoisotopic (exact) mass is 576 g/mol. The Morgan fingerprint density at radius 1 is 1.00 bits per heavy atom. The highest BCUT2D eigenvalue weighted by Gasteiger charge is 2.22. The summed E-state index contributed by atoms with van der Waals surface area (Å²) in [6.07, 6.45) is 2.16. The molecule has 2 aromatic heterocycles. The third kappa shape index (κ3) is 5.85. The summed E-state index contributed by atoms with van der Waals surface area (Å²) in [5.74, 6) is 0.594. The minimum Gasteiger partial charge on any atom is -0.451 e.